The third-order valence-corrected chi connectivity index (χ3v) is 4.26. The van der Waals surface area contributed by atoms with Gasteiger partial charge in [0.15, 0.2) is 0 Å². The highest BCUT2D eigenvalue weighted by Gasteiger charge is 2.37. The molecule has 130 valence electrons. The van der Waals surface area contributed by atoms with Crippen LogP contribution in [0.2, 0.25) is 5.02 Å². The zero-order valence-corrected chi connectivity index (χ0v) is 14.8. The molecule has 2 amide bonds. The number of amides is 2. The van der Waals surface area contributed by atoms with Gasteiger partial charge in [-0.15, -0.1) is 0 Å². The molecular weight excluding hydrogens is 340 g/mol. The second-order valence-electron chi connectivity index (χ2n) is 5.99. The summed E-state index contributed by atoms with van der Waals surface area (Å²) in [6, 6.07) is 12.3. The SMILES string of the molecule is CC(=O)N[C@H]1C(=O)N(CCOc2cccc(C)c2)c2ccc(Cl)cc21. The van der Waals surface area contributed by atoms with Gasteiger partial charge in [0.1, 0.15) is 18.4 Å². The van der Waals surface area contributed by atoms with Crippen LogP contribution in [0.1, 0.15) is 24.1 Å². The molecule has 5 nitrogen and oxygen atoms in total. The van der Waals surface area contributed by atoms with Crippen LogP contribution in [-0.4, -0.2) is 25.0 Å². The number of fused-ring (bicyclic) bond motifs is 1. The normalized spacial score (nSPS) is 15.9. The van der Waals surface area contributed by atoms with Crippen molar-refractivity contribution in [2.75, 3.05) is 18.1 Å². The predicted molar refractivity (Wildman–Crippen MR) is 97.0 cm³/mol. The molecule has 1 aliphatic rings. The fourth-order valence-electron chi connectivity index (χ4n) is 2.94. The molecule has 0 saturated heterocycles. The number of benzene rings is 2. The largest absolute Gasteiger partial charge is 0.492 e. The highest BCUT2D eigenvalue weighted by molar-refractivity contribution is 6.31. The van der Waals surface area contributed by atoms with E-state index in [9.17, 15) is 9.59 Å². The lowest BCUT2D eigenvalue weighted by atomic mass is 10.1. The van der Waals surface area contributed by atoms with Gasteiger partial charge < -0.3 is 15.0 Å². The molecule has 2 aromatic rings. The third-order valence-electron chi connectivity index (χ3n) is 4.03. The third kappa shape index (κ3) is 3.77. The van der Waals surface area contributed by atoms with Crippen molar-refractivity contribution >= 4 is 29.1 Å². The summed E-state index contributed by atoms with van der Waals surface area (Å²) in [5.74, 6) is 0.323. The Balaban J connectivity index is 1.75. The van der Waals surface area contributed by atoms with E-state index < -0.39 is 6.04 Å². The Morgan fingerprint density at radius 2 is 2.08 bits per heavy atom. The van der Waals surface area contributed by atoms with E-state index in [-0.39, 0.29) is 11.8 Å². The van der Waals surface area contributed by atoms with Crippen LogP contribution in [0.3, 0.4) is 0 Å². The van der Waals surface area contributed by atoms with Gasteiger partial charge in [-0.2, -0.15) is 0 Å². The number of hydrogen-bond donors (Lipinski definition) is 1. The molecule has 0 saturated carbocycles. The summed E-state index contributed by atoms with van der Waals surface area (Å²) in [6.07, 6.45) is 0. The van der Waals surface area contributed by atoms with Crippen LogP contribution in [0, 0.1) is 6.92 Å². The molecule has 3 rings (SSSR count). The van der Waals surface area contributed by atoms with Gasteiger partial charge in [-0.05, 0) is 42.8 Å². The van der Waals surface area contributed by atoms with Crippen LogP contribution in [0.15, 0.2) is 42.5 Å². The Kier molecular flexibility index (Phi) is 4.95. The molecule has 1 aliphatic heterocycles. The molecule has 0 bridgehead atoms. The molecule has 1 N–H and O–H groups in total. The van der Waals surface area contributed by atoms with E-state index >= 15 is 0 Å². The Morgan fingerprint density at radius 1 is 1.28 bits per heavy atom. The smallest absolute Gasteiger partial charge is 0.254 e. The number of nitrogens with zero attached hydrogens (tertiary/aromatic N) is 1. The molecule has 0 radical (unpaired) electrons. The number of halogens is 1. The van der Waals surface area contributed by atoms with E-state index in [1.807, 2.05) is 31.2 Å². The number of carbonyl (C=O) groups is 2. The van der Waals surface area contributed by atoms with E-state index in [0.717, 1.165) is 17.0 Å². The van der Waals surface area contributed by atoms with E-state index in [0.29, 0.717) is 23.7 Å². The summed E-state index contributed by atoms with van der Waals surface area (Å²) in [5, 5.41) is 3.22. The summed E-state index contributed by atoms with van der Waals surface area (Å²) in [6.45, 7) is 4.12. The number of aryl methyl sites for hydroxylation is 1. The molecule has 0 aromatic heterocycles. The van der Waals surface area contributed by atoms with Crippen LogP contribution in [0.4, 0.5) is 5.69 Å². The molecule has 1 heterocycles. The van der Waals surface area contributed by atoms with Crippen molar-refractivity contribution in [2.45, 2.75) is 19.9 Å². The maximum atomic E-state index is 12.7. The van der Waals surface area contributed by atoms with Gasteiger partial charge >= 0.3 is 0 Å². The molecule has 2 aromatic carbocycles. The number of carbonyl (C=O) groups excluding carboxylic acids is 2. The Bertz CT molecular complexity index is 822. The van der Waals surface area contributed by atoms with Crippen molar-refractivity contribution in [3.8, 4) is 5.75 Å². The summed E-state index contributed by atoms with van der Waals surface area (Å²) in [7, 11) is 0. The Hall–Kier alpha value is -2.53. The van der Waals surface area contributed by atoms with Gasteiger partial charge in [0.05, 0.1) is 6.54 Å². The fraction of sp³-hybridized carbons (Fsp3) is 0.263. The minimum atomic E-state index is -0.704. The van der Waals surface area contributed by atoms with Crippen molar-refractivity contribution < 1.29 is 14.3 Å². The summed E-state index contributed by atoms with van der Waals surface area (Å²) < 4.78 is 5.74. The van der Waals surface area contributed by atoms with Crippen molar-refractivity contribution in [2.24, 2.45) is 0 Å². The van der Waals surface area contributed by atoms with Crippen molar-refractivity contribution in [1.29, 1.82) is 0 Å². The molecule has 0 spiro atoms. The highest BCUT2D eigenvalue weighted by atomic mass is 35.5. The summed E-state index contributed by atoms with van der Waals surface area (Å²) >= 11 is 6.05. The number of ether oxygens (including phenoxy) is 1. The van der Waals surface area contributed by atoms with E-state index in [4.69, 9.17) is 16.3 Å². The van der Waals surface area contributed by atoms with Gasteiger partial charge in [0, 0.05) is 23.2 Å². The minimum Gasteiger partial charge on any atom is -0.492 e. The standard InChI is InChI=1S/C19H19ClN2O3/c1-12-4-3-5-15(10-12)25-9-8-22-17-7-6-14(20)11-16(17)18(19(22)24)21-13(2)23/h3-7,10-11,18H,8-9H2,1-2H3,(H,21,23)/t18-/m1/s1. The van der Waals surface area contributed by atoms with Gasteiger partial charge in [-0.25, -0.2) is 0 Å². The molecule has 6 heteroatoms. The van der Waals surface area contributed by atoms with Gasteiger partial charge in [0.25, 0.3) is 5.91 Å². The molecular formula is C19H19ClN2O3. The first-order valence-electron chi connectivity index (χ1n) is 8.03. The molecule has 0 aliphatic carbocycles. The lowest BCUT2D eigenvalue weighted by molar-refractivity contribution is -0.126. The quantitative estimate of drug-likeness (QED) is 0.892. The number of rotatable bonds is 5. The maximum Gasteiger partial charge on any atom is 0.254 e. The average Bonchev–Trinajstić information content (AvgIpc) is 2.80. The van der Waals surface area contributed by atoms with Crippen LogP contribution in [-0.2, 0) is 9.59 Å². The maximum absolute atomic E-state index is 12.7. The predicted octanol–water partition coefficient (Wildman–Crippen LogP) is 3.25. The molecule has 0 unspecified atom stereocenters. The second kappa shape index (κ2) is 7.15. The average molecular weight is 359 g/mol. The van der Waals surface area contributed by atoms with E-state index in [2.05, 4.69) is 5.32 Å². The Labute approximate surface area is 151 Å². The zero-order valence-electron chi connectivity index (χ0n) is 14.1. The highest BCUT2D eigenvalue weighted by Crippen LogP contribution is 2.37. The first-order chi connectivity index (χ1) is 12.0. The fourth-order valence-corrected chi connectivity index (χ4v) is 3.12. The van der Waals surface area contributed by atoms with E-state index in [1.54, 1.807) is 23.1 Å². The monoisotopic (exact) mass is 358 g/mol. The van der Waals surface area contributed by atoms with Gasteiger partial charge in [-0.3, -0.25) is 9.59 Å². The van der Waals surface area contributed by atoms with Crippen LogP contribution < -0.4 is 15.0 Å². The summed E-state index contributed by atoms with van der Waals surface area (Å²) in [5.41, 5.74) is 2.57. The number of anilines is 1. The van der Waals surface area contributed by atoms with Crippen molar-refractivity contribution in [1.82, 2.24) is 5.32 Å². The zero-order chi connectivity index (χ0) is 18.0. The van der Waals surface area contributed by atoms with Gasteiger partial charge in [-0.1, -0.05) is 23.7 Å². The van der Waals surface area contributed by atoms with Crippen molar-refractivity contribution in [3.05, 3.63) is 58.6 Å². The van der Waals surface area contributed by atoms with Crippen LogP contribution in [0.25, 0.3) is 0 Å². The molecule has 0 fully saturated rings. The van der Waals surface area contributed by atoms with Crippen molar-refractivity contribution in [3.63, 3.8) is 0 Å². The minimum absolute atomic E-state index is 0.180. The number of nitrogens with one attached hydrogen (secondary N) is 1. The molecule has 1 atom stereocenters. The lowest BCUT2D eigenvalue weighted by Crippen LogP contribution is -2.38. The lowest BCUT2D eigenvalue weighted by Gasteiger charge is -2.18. The van der Waals surface area contributed by atoms with Crippen LogP contribution in [0.5, 0.6) is 5.75 Å². The van der Waals surface area contributed by atoms with Gasteiger partial charge in [0.2, 0.25) is 5.91 Å². The Morgan fingerprint density at radius 3 is 2.80 bits per heavy atom. The van der Waals surface area contributed by atoms with Crippen LogP contribution >= 0.6 is 11.6 Å². The second-order valence-corrected chi connectivity index (χ2v) is 6.43. The molecule has 25 heavy (non-hydrogen) atoms. The van der Waals surface area contributed by atoms with E-state index in [1.165, 1.54) is 6.92 Å². The summed E-state index contributed by atoms with van der Waals surface area (Å²) in [4.78, 5) is 25.8. The topological polar surface area (TPSA) is 58.6 Å². The number of hydrogen-bond acceptors (Lipinski definition) is 3. The first-order valence-corrected chi connectivity index (χ1v) is 8.41. The first kappa shape index (κ1) is 17.3.